The number of aryl methyl sites for hydroxylation is 2. The van der Waals surface area contributed by atoms with Gasteiger partial charge in [-0.25, -0.2) is 0 Å². The lowest BCUT2D eigenvalue weighted by Crippen LogP contribution is -2.50. The van der Waals surface area contributed by atoms with E-state index in [9.17, 15) is 9.59 Å². The lowest BCUT2D eigenvalue weighted by atomic mass is 10.1. The third kappa shape index (κ3) is 6.88. The zero-order valence-corrected chi connectivity index (χ0v) is 20.0. The Morgan fingerprint density at radius 1 is 1.06 bits per heavy atom. The fraction of sp³-hybridized carbons (Fsp3) is 0.417. The lowest BCUT2D eigenvalue weighted by molar-refractivity contribution is -0.143. The van der Waals surface area contributed by atoms with E-state index in [0.29, 0.717) is 34.3 Å². The molecule has 0 aliphatic heterocycles. The normalized spacial score (nSPS) is 11.7. The van der Waals surface area contributed by atoms with Crippen LogP contribution in [0.4, 0.5) is 0 Å². The minimum atomic E-state index is -0.658. The maximum Gasteiger partial charge on any atom is 0.261 e. The van der Waals surface area contributed by atoms with Crippen molar-refractivity contribution in [3.63, 3.8) is 0 Å². The molecular formula is C24H30Cl2N2O3. The first-order chi connectivity index (χ1) is 14.8. The van der Waals surface area contributed by atoms with Crippen LogP contribution in [-0.2, 0) is 16.1 Å². The molecule has 0 heterocycles. The number of amides is 2. The van der Waals surface area contributed by atoms with Crippen molar-refractivity contribution in [2.45, 2.75) is 53.1 Å². The molecule has 0 bridgehead atoms. The summed E-state index contributed by atoms with van der Waals surface area (Å²) in [5, 5.41) is 3.78. The number of nitrogens with zero attached hydrogens (tertiary/aromatic N) is 1. The molecule has 0 fully saturated rings. The smallest absolute Gasteiger partial charge is 0.261 e. The first kappa shape index (κ1) is 25.0. The van der Waals surface area contributed by atoms with Gasteiger partial charge in [0, 0.05) is 28.7 Å². The third-order valence-electron chi connectivity index (χ3n) is 5.17. The number of hydrogen-bond acceptors (Lipinski definition) is 3. The van der Waals surface area contributed by atoms with E-state index >= 15 is 0 Å². The second-order valence-corrected chi connectivity index (χ2v) is 8.29. The van der Waals surface area contributed by atoms with E-state index in [0.717, 1.165) is 17.5 Å². The Hall–Kier alpha value is -2.24. The highest BCUT2D eigenvalue weighted by Gasteiger charge is 2.29. The largest absolute Gasteiger partial charge is 0.484 e. The van der Waals surface area contributed by atoms with Crippen LogP contribution >= 0.6 is 23.2 Å². The van der Waals surface area contributed by atoms with Crippen LogP contribution in [0.3, 0.4) is 0 Å². The molecule has 2 amide bonds. The van der Waals surface area contributed by atoms with Crippen molar-refractivity contribution in [3.05, 3.63) is 63.1 Å². The van der Waals surface area contributed by atoms with Crippen LogP contribution in [0.25, 0.3) is 0 Å². The Balaban J connectivity index is 2.27. The zero-order chi connectivity index (χ0) is 23.0. The molecule has 31 heavy (non-hydrogen) atoms. The van der Waals surface area contributed by atoms with Gasteiger partial charge in [0.1, 0.15) is 11.8 Å². The molecule has 168 valence electrons. The number of halogens is 2. The number of hydrogen-bond donors (Lipinski definition) is 1. The van der Waals surface area contributed by atoms with Crippen LogP contribution in [0.1, 0.15) is 43.4 Å². The number of rotatable bonds is 10. The molecule has 0 spiro atoms. The van der Waals surface area contributed by atoms with Gasteiger partial charge in [-0.3, -0.25) is 9.59 Å². The summed E-state index contributed by atoms with van der Waals surface area (Å²) in [5.74, 6) is 0.0930. The van der Waals surface area contributed by atoms with Crippen LogP contribution in [0.5, 0.6) is 5.75 Å². The molecule has 0 aliphatic rings. The van der Waals surface area contributed by atoms with Crippen molar-refractivity contribution >= 4 is 35.0 Å². The Bertz CT molecular complexity index is 897. The Kier molecular flexibility index (Phi) is 9.66. The SMILES string of the molecule is CCCNC(=O)[C@H](CC)N(Cc1c(Cl)cccc1Cl)C(=O)COc1ccc(C)c(C)c1. The molecule has 2 aromatic rings. The van der Waals surface area contributed by atoms with Gasteiger partial charge in [0.2, 0.25) is 5.91 Å². The van der Waals surface area contributed by atoms with E-state index in [1.54, 1.807) is 18.2 Å². The van der Waals surface area contributed by atoms with Crippen LogP contribution in [0.15, 0.2) is 36.4 Å². The molecule has 0 aromatic heterocycles. The lowest BCUT2D eigenvalue weighted by Gasteiger charge is -2.31. The second-order valence-electron chi connectivity index (χ2n) is 7.47. The molecule has 0 saturated carbocycles. The van der Waals surface area contributed by atoms with Gasteiger partial charge in [-0.2, -0.15) is 0 Å². The molecule has 0 unspecified atom stereocenters. The fourth-order valence-corrected chi connectivity index (χ4v) is 3.69. The predicted molar refractivity (Wildman–Crippen MR) is 126 cm³/mol. The molecule has 0 radical (unpaired) electrons. The van der Waals surface area contributed by atoms with E-state index in [2.05, 4.69) is 5.32 Å². The second kappa shape index (κ2) is 12.0. The summed E-state index contributed by atoms with van der Waals surface area (Å²) in [6.07, 6.45) is 1.26. The minimum absolute atomic E-state index is 0.117. The van der Waals surface area contributed by atoms with Crippen molar-refractivity contribution in [1.82, 2.24) is 10.2 Å². The standard InChI is InChI=1S/C24H30Cl2N2O3/c1-5-12-27-24(30)22(6-2)28(14-19-20(25)8-7-9-21(19)26)23(29)15-31-18-11-10-16(3)17(4)13-18/h7-11,13,22H,5-6,12,14-15H2,1-4H3,(H,27,30)/t22-/m0/s1. The topological polar surface area (TPSA) is 58.6 Å². The molecule has 2 rings (SSSR count). The summed E-state index contributed by atoms with van der Waals surface area (Å²) in [6, 6.07) is 10.2. The predicted octanol–water partition coefficient (Wildman–Crippen LogP) is 5.32. The molecule has 1 atom stereocenters. The van der Waals surface area contributed by atoms with E-state index in [1.807, 2.05) is 45.9 Å². The van der Waals surface area contributed by atoms with Crippen molar-refractivity contribution < 1.29 is 14.3 Å². The molecule has 2 aromatic carbocycles. The van der Waals surface area contributed by atoms with Gasteiger partial charge in [-0.1, -0.05) is 49.2 Å². The van der Waals surface area contributed by atoms with Crippen molar-refractivity contribution in [2.75, 3.05) is 13.2 Å². The molecule has 0 aliphatic carbocycles. The summed E-state index contributed by atoms with van der Waals surface area (Å²) < 4.78 is 5.75. The van der Waals surface area contributed by atoms with E-state index < -0.39 is 6.04 Å². The monoisotopic (exact) mass is 464 g/mol. The molecular weight excluding hydrogens is 435 g/mol. The van der Waals surface area contributed by atoms with Gasteiger partial charge in [0.15, 0.2) is 6.61 Å². The van der Waals surface area contributed by atoms with Crippen molar-refractivity contribution in [2.24, 2.45) is 0 Å². The van der Waals surface area contributed by atoms with Crippen molar-refractivity contribution in [1.29, 1.82) is 0 Å². The van der Waals surface area contributed by atoms with Gasteiger partial charge in [0.05, 0.1) is 0 Å². The van der Waals surface area contributed by atoms with E-state index in [-0.39, 0.29) is 25.0 Å². The molecule has 1 N–H and O–H groups in total. The highest BCUT2D eigenvalue weighted by Crippen LogP contribution is 2.27. The average molecular weight is 465 g/mol. The van der Waals surface area contributed by atoms with Gasteiger partial charge in [0.25, 0.3) is 5.91 Å². The Labute approximate surface area is 194 Å². The quantitative estimate of drug-likeness (QED) is 0.517. The molecule has 5 nitrogen and oxygen atoms in total. The van der Waals surface area contributed by atoms with Gasteiger partial charge < -0.3 is 15.0 Å². The van der Waals surface area contributed by atoms with Crippen LogP contribution in [0, 0.1) is 13.8 Å². The Morgan fingerprint density at radius 2 is 1.74 bits per heavy atom. The summed E-state index contributed by atoms with van der Waals surface area (Å²) in [6.45, 7) is 8.32. The first-order valence-electron chi connectivity index (χ1n) is 10.5. The van der Waals surface area contributed by atoms with E-state index in [1.165, 1.54) is 4.90 Å². The average Bonchev–Trinajstić information content (AvgIpc) is 2.74. The molecule has 0 saturated heterocycles. The Morgan fingerprint density at radius 3 is 2.32 bits per heavy atom. The van der Waals surface area contributed by atoms with Crippen LogP contribution in [0.2, 0.25) is 10.0 Å². The highest BCUT2D eigenvalue weighted by molar-refractivity contribution is 6.36. The number of carbonyl (C=O) groups is 2. The fourth-order valence-electron chi connectivity index (χ4n) is 3.17. The summed E-state index contributed by atoms with van der Waals surface area (Å²) >= 11 is 12.7. The minimum Gasteiger partial charge on any atom is -0.484 e. The van der Waals surface area contributed by atoms with E-state index in [4.69, 9.17) is 27.9 Å². The van der Waals surface area contributed by atoms with Crippen molar-refractivity contribution in [3.8, 4) is 5.75 Å². The van der Waals surface area contributed by atoms with Gasteiger partial charge >= 0.3 is 0 Å². The maximum atomic E-state index is 13.2. The molecule has 7 heteroatoms. The number of nitrogens with one attached hydrogen (secondary N) is 1. The zero-order valence-electron chi connectivity index (χ0n) is 18.5. The van der Waals surface area contributed by atoms with Gasteiger partial charge in [-0.05, 0) is 62.1 Å². The summed E-state index contributed by atoms with van der Waals surface area (Å²) in [7, 11) is 0. The number of ether oxygens (including phenoxy) is 1. The number of carbonyl (C=O) groups excluding carboxylic acids is 2. The highest BCUT2D eigenvalue weighted by atomic mass is 35.5. The maximum absolute atomic E-state index is 13.2. The third-order valence-corrected chi connectivity index (χ3v) is 5.87. The summed E-state index contributed by atoms with van der Waals surface area (Å²) in [5.41, 5.74) is 2.83. The van der Waals surface area contributed by atoms with Crippen LogP contribution < -0.4 is 10.1 Å². The summed E-state index contributed by atoms with van der Waals surface area (Å²) in [4.78, 5) is 27.5. The van der Waals surface area contributed by atoms with Crippen LogP contribution in [-0.4, -0.2) is 35.9 Å². The number of benzene rings is 2. The van der Waals surface area contributed by atoms with Gasteiger partial charge in [-0.15, -0.1) is 0 Å². The first-order valence-corrected chi connectivity index (χ1v) is 11.2.